The molecule has 1 fully saturated rings. The summed E-state index contributed by atoms with van der Waals surface area (Å²) in [6, 6.07) is 17.7. The zero-order chi connectivity index (χ0) is 23.5. The highest BCUT2D eigenvalue weighted by molar-refractivity contribution is 7.99. The van der Waals surface area contributed by atoms with Crippen molar-refractivity contribution >= 4 is 35.2 Å². The van der Waals surface area contributed by atoms with Gasteiger partial charge in [0.05, 0.1) is 5.75 Å². The van der Waals surface area contributed by atoms with Crippen LogP contribution < -0.4 is 5.32 Å². The van der Waals surface area contributed by atoms with Crippen molar-refractivity contribution in [1.29, 1.82) is 0 Å². The molecule has 1 aliphatic rings. The smallest absolute Gasteiger partial charge is 0.243 e. The lowest BCUT2D eigenvalue weighted by Gasteiger charge is -2.32. The highest BCUT2D eigenvalue weighted by Crippen LogP contribution is 2.20. The van der Waals surface area contributed by atoms with Crippen LogP contribution in [0.2, 0.25) is 5.02 Å². The van der Waals surface area contributed by atoms with Gasteiger partial charge in [-0.3, -0.25) is 9.59 Å². The number of halogens is 1. The molecule has 4 nitrogen and oxygen atoms in total. The molecular formula is C27H35ClN2O2S. The molecule has 1 N–H and O–H groups in total. The third kappa shape index (κ3) is 8.38. The Morgan fingerprint density at radius 1 is 1.03 bits per heavy atom. The molecular weight excluding hydrogens is 452 g/mol. The molecule has 0 aliphatic heterocycles. The van der Waals surface area contributed by atoms with E-state index in [-0.39, 0.29) is 17.9 Å². The number of carbonyl (C=O) groups excluding carboxylic acids is 2. The van der Waals surface area contributed by atoms with Gasteiger partial charge in [0.25, 0.3) is 0 Å². The average molecular weight is 487 g/mol. The second kappa shape index (κ2) is 13.7. The van der Waals surface area contributed by atoms with Gasteiger partial charge in [0, 0.05) is 23.4 Å². The SMILES string of the molecule is CC[C@H](C(=O)NC1CCCCC1)N(CCc1ccccc1)C(=O)CSCc1ccc(Cl)cc1. The summed E-state index contributed by atoms with van der Waals surface area (Å²) < 4.78 is 0. The summed E-state index contributed by atoms with van der Waals surface area (Å²) in [5.41, 5.74) is 2.31. The summed E-state index contributed by atoms with van der Waals surface area (Å²) in [6.45, 7) is 2.54. The van der Waals surface area contributed by atoms with E-state index in [4.69, 9.17) is 11.6 Å². The first-order chi connectivity index (χ1) is 16.1. The van der Waals surface area contributed by atoms with Crippen LogP contribution in [0, 0.1) is 0 Å². The maximum atomic E-state index is 13.3. The van der Waals surface area contributed by atoms with E-state index >= 15 is 0 Å². The second-order valence-corrected chi connectivity index (χ2v) is 10.1. The highest BCUT2D eigenvalue weighted by atomic mass is 35.5. The van der Waals surface area contributed by atoms with E-state index < -0.39 is 6.04 Å². The topological polar surface area (TPSA) is 49.4 Å². The van der Waals surface area contributed by atoms with E-state index in [1.807, 2.05) is 49.4 Å². The highest BCUT2D eigenvalue weighted by Gasteiger charge is 2.29. The van der Waals surface area contributed by atoms with Gasteiger partial charge in [0.1, 0.15) is 6.04 Å². The molecule has 6 heteroatoms. The van der Waals surface area contributed by atoms with E-state index in [0.717, 1.165) is 30.6 Å². The molecule has 0 spiro atoms. The average Bonchev–Trinajstić information content (AvgIpc) is 2.84. The third-order valence-corrected chi connectivity index (χ3v) is 7.47. The van der Waals surface area contributed by atoms with Crippen molar-refractivity contribution in [3.63, 3.8) is 0 Å². The van der Waals surface area contributed by atoms with Crippen molar-refractivity contribution < 1.29 is 9.59 Å². The number of hydrogen-bond acceptors (Lipinski definition) is 3. The Morgan fingerprint density at radius 2 is 1.73 bits per heavy atom. The molecule has 2 aromatic carbocycles. The molecule has 0 heterocycles. The summed E-state index contributed by atoms with van der Waals surface area (Å²) in [4.78, 5) is 28.3. The molecule has 2 amide bonds. The minimum absolute atomic E-state index is 0.00601. The number of rotatable bonds is 11. The fraction of sp³-hybridized carbons (Fsp3) is 0.481. The minimum atomic E-state index is -0.431. The Balaban J connectivity index is 1.64. The number of nitrogens with one attached hydrogen (secondary N) is 1. The first-order valence-electron chi connectivity index (χ1n) is 12.0. The molecule has 0 radical (unpaired) electrons. The van der Waals surface area contributed by atoms with Crippen LogP contribution in [-0.4, -0.2) is 41.1 Å². The minimum Gasteiger partial charge on any atom is -0.352 e. The molecule has 1 aliphatic carbocycles. The Kier molecular flexibility index (Phi) is 10.6. The zero-order valence-corrected chi connectivity index (χ0v) is 21.0. The fourth-order valence-corrected chi connectivity index (χ4v) is 5.36. The second-order valence-electron chi connectivity index (χ2n) is 8.71. The van der Waals surface area contributed by atoms with Crippen LogP contribution in [0.15, 0.2) is 54.6 Å². The van der Waals surface area contributed by atoms with Crippen molar-refractivity contribution in [2.24, 2.45) is 0 Å². The van der Waals surface area contributed by atoms with E-state index in [9.17, 15) is 9.59 Å². The maximum absolute atomic E-state index is 13.3. The first-order valence-corrected chi connectivity index (χ1v) is 13.6. The Morgan fingerprint density at radius 3 is 2.39 bits per heavy atom. The van der Waals surface area contributed by atoms with E-state index in [2.05, 4.69) is 17.4 Å². The molecule has 178 valence electrons. The van der Waals surface area contributed by atoms with E-state index in [0.29, 0.717) is 23.7 Å². The monoisotopic (exact) mass is 486 g/mol. The van der Waals surface area contributed by atoms with E-state index in [1.54, 1.807) is 16.7 Å². The van der Waals surface area contributed by atoms with Crippen LogP contribution in [0.4, 0.5) is 0 Å². The van der Waals surface area contributed by atoms with Crippen molar-refractivity contribution in [2.45, 2.75) is 69.7 Å². The van der Waals surface area contributed by atoms with Gasteiger partial charge in [-0.2, -0.15) is 0 Å². The molecule has 3 rings (SSSR count). The maximum Gasteiger partial charge on any atom is 0.243 e. The standard InChI is InChI=1S/C27H35ClN2O2S/c1-2-25(27(32)29-24-11-7-4-8-12-24)30(18-17-21-9-5-3-6-10-21)26(31)20-33-19-22-13-15-23(28)16-14-22/h3,5-6,9-10,13-16,24-25H,2,4,7-8,11-12,17-20H2,1H3,(H,29,32)/t25-/m1/s1. The van der Waals surface area contributed by atoms with Gasteiger partial charge in [0.2, 0.25) is 11.8 Å². The normalized spacial score (nSPS) is 15.1. The lowest BCUT2D eigenvalue weighted by molar-refractivity contribution is -0.139. The summed E-state index contributed by atoms with van der Waals surface area (Å²) in [5.74, 6) is 1.11. The first kappa shape index (κ1) is 25.6. The van der Waals surface area contributed by atoms with Crippen LogP contribution in [0.3, 0.4) is 0 Å². The molecule has 1 atom stereocenters. The molecule has 0 unspecified atom stereocenters. The largest absolute Gasteiger partial charge is 0.352 e. The van der Waals surface area contributed by atoms with Crippen molar-refractivity contribution in [3.05, 3.63) is 70.7 Å². The van der Waals surface area contributed by atoms with Crippen LogP contribution in [0.25, 0.3) is 0 Å². The Labute approximate surface area is 207 Å². The predicted octanol–water partition coefficient (Wildman–Crippen LogP) is 5.87. The van der Waals surface area contributed by atoms with Gasteiger partial charge >= 0.3 is 0 Å². The van der Waals surface area contributed by atoms with Gasteiger partial charge in [-0.25, -0.2) is 0 Å². The molecule has 2 aromatic rings. The van der Waals surface area contributed by atoms with Crippen LogP contribution in [-0.2, 0) is 21.8 Å². The van der Waals surface area contributed by atoms with Gasteiger partial charge in [0.15, 0.2) is 0 Å². The van der Waals surface area contributed by atoms with Crippen molar-refractivity contribution in [2.75, 3.05) is 12.3 Å². The molecule has 0 aromatic heterocycles. The Bertz CT molecular complexity index is 869. The van der Waals surface area contributed by atoms with E-state index in [1.165, 1.54) is 24.8 Å². The fourth-order valence-electron chi connectivity index (χ4n) is 4.36. The van der Waals surface area contributed by atoms with Gasteiger partial charge in [-0.1, -0.05) is 80.3 Å². The summed E-state index contributed by atoms with van der Waals surface area (Å²) in [5, 5.41) is 3.95. The number of hydrogen-bond donors (Lipinski definition) is 1. The molecule has 0 bridgehead atoms. The number of thioether (sulfide) groups is 1. The summed E-state index contributed by atoms with van der Waals surface area (Å²) in [7, 11) is 0. The zero-order valence-electron chi connectivity index (χ0n) is 19.5. The van der Waals surface area contributed by atoms with Crippen molar-refractivity contribution in [1.82, 2.24) is 10.2 Å². The van der Waals surface area contributed by atoms with Gasteiger partial charge in [-0.05, 0) is 48.9 Å². The predicted molar refractivity (Wildman–Crippen MR) is 139 cm³/mol. The van der Waals surface area contributed by atoms with Crippen molar-refractivity contribution in [3.8, 4) is 0 Å². The van der Waals surface area contributed by atoms with Crippen LogP contribution >= 0.6 is 23.4 Å². The lowest BCUT2D eigenvalue weighted by atomic mass is 9.95. The van der Waals surface area contributed by atoms with Gasteiger partial charge in [-0.15, -0.1) is 11.8 Å². The quantitative estimate of drug-likeness (QED) is 0.432. The number of carbonyl (C=O) groups is 2. The molecule has 1 saturated carbocycles. The lowest BCUT2D eigenvalue weighted by Crippen LogP contribution is -2.52. The summed E-state index contributed by atoms with van der Waals surface area (Å²) >= 11 is 7.55. The number of amides is 2. The summed E-state index contributed by atoms with van der Waals surface area (Å²) in [6.07, 6.45) is 7.01. The molecule has 0 saturated heterocycles. The van der Waals surface area contributed by atoms with Gasteiger partial charge < -0.3 is 10.2 Å². The number of benzene rings is 2. The van der Waals surface area contributed by atoms with Crippen LogP contribution in [0.5, 0.6) is 0 Å². The van der Waals surface area contributed by atoms with Crippen LogP contribution in [0.1, 0.15) is 56.6 Å². The Hall–Kier alpha value is -1.98. The third-order valence-electron chi connectivity index (χ3n) is 6.23. The molecule has 33 heavy (non-hydrogen) atoms. The number of nitrogens with zero attached hydrogens (tertiary/aromatic N) is 1.